The molecule has 1 aromatic carbocycles. The molecule has 2 heterocycles. The highest BCUT2D eigenvalue weighted by atomic mass is 16.2. The van der Waals surface area contributed by atoms with E-state index in [2.05, 4.69) is 10.6 Å². The maximum Gasteiger partial charge on any atom is 0.222 e. The molecule has 4 heteroatoms. The molecule has 0 bridgehead atoms. The molecule has 3 rings (SSSR count). The fourth-order valence-corrected chi connectivity index (χ4v) is 1.81. The van der Waals surface area contributed by atoms with Crippen LogP contribution in [0.1, 0.15) is 30.9 Å². The number of hydrogen-bond donors (Lipinski definition) is 2. The molecule has 4 nitrogen and oxygen atoms in total. The molecule has 0 saturated carbocycles. The van der Waals surface area contributed by atoms with Crippen LogP contribution in [0.3, 0.4) is 0 Å². The topological polar surface area (TPSA) is 58.2 Å². The molecule has 2 aliphatic heterocycles. The second-order valence-electron chi connectivity index (χ2n) is 4.19. The summed E-state index contributed by atoms with van der Waals surface area (Å²) in [5.74, 6) is 0.355. The van der Waals surface area contributed by atoms with Crippen molar-refractivity contribution in [3.8, 4) is 0 Å². The second kappa shape index (κ2) is 5.48. The van der Waals surface area contributed by atoms with Crippen molar-refractivity contribution >= 4 is 11.8 Å². The maximum absolute atomic E-state index is 10.6. The zero-order valence-electron chi connectivity index (χ0n) is 9.61. The number of carbonyl (C=O) groups is 2. The van der Waals surface area contributed by atoms with Crippen molar-refractivity contribution in [3.63, 3.8) is 0 Å². The van der Waals surface area contributed by atoms with Gasteiger partial charge in [0.25, 0.3) is 0 Å². The molecule has 2 saturated heterocycles. The summed E-state index contributed by atoms with van der Waals surface area (Å²) in [4.78, 5) is 20.7. The van der Waals surface area contributed by atoms with Crippen LogP contribution in [-0.2, 0) is 9.59 Å². The molecule has 17 heavy (non-hydrogen) atoms. The van der Waals surface area contributed by atoms with Crippen LogP contribution in [0.15, 0.2) is 30.3 Å². The monoisotopic (exact) mass is 232 g/mol. The number of nitrogens with one attached hydrogen (secondary N) is 2. The molecule has 2 N–H and O–H groups in total. The molecule has 90 valence electrons. The molecule has 1 unspecified atom stereocenters. The maximum atomic E-state index is 10.6. The number of rotatable bonds is 1. The van der Waals surface area contributed by atoms with Gasteiger partial charge in [0.05, 0.1) is 12.5 Å². The first-order valence-electron chi connectivity index (χ1n) is 5.87. The Morgan fingerprint density at radius 2 is 1.76 bits per heavy atom. The highest BCUT2D eigenvalue weighted by molar-refractivity contribution is 5.83. The molecular weight excluding hydrogens is 216 g/mol. The smallest absolute Gasteiger partial charge is 0.222 e. The van der Waals surface area contributed by atoms with Gasteiger partial charge in [0, 0.05) is 13.0 Å². The minimum absolute atomic E-state index is 0.152. The average Bonchev–Trinajstić information content (AvgIpc) is 2.78. The van der Waals surface area contributed by atoms with Crippen LogP contribution >= 0.6 is 0 Å². The lowest BCUT2D eigenvalue weighted by Gasteiger charge is -2.26. The van der Waals surface area contributed by atoms with Gasteiger partial charge in [-0.15, -0.1) is 0 Å². The van der Waals surface area contributed by atoms with Crippen LogP contribution in [-0.4, -0.2) is 18.4 Å². The van der Waals surface area contributed by atoms with Crippen molar-refractivity contribution in [1.82, 2.24) is 10.6 Å². The highest BCUT2D eigenvalue weighted by Crippen LogP contribution is 2.22. The molecule has 1 aromatic rings. The van der Waals surface area contributed by atoms with Crippen LogP contribution in [0.25, 0.3) is 0 Å². The lowest BCUT2D eigenvalue weighted by atomic mass is 9.98. The summed E-state index contributed by atoms with van der Waals surface area (Å²) < 4.78 is 0. The Hall–Kier alpha value is -1.84. The summed E-state index contributed by atoms with van der Waals surface area (Å²) in [7, 11) is 0. The first-order valence-corrected chi connectivity index (χ1v) is 5.87. The van der Waals surface area contributed by atoms with E-state index in [1.165, 1.54) is 5.56 Å². The molecule has 0 aromatic heterocycles. The third-order valence-corrected chi connectivity index (χ3v) is 2.83. The molecule has 2 aliphatic rings. The summed E-state index contributed by atoms with van der Waals surface area (Å²) in [6.45, 7) is 0.888. The van der Waals surface area contributed by atoms with Crippen LogP contribution in [0, 0.1) is 0 Å². The van der Waals surface area contributed by atoms with Crippen molar-refractivity contribution in [1.29, 1.82) is 0 Å². The molecule has 2 amide bonds. The number of benzene rings is 1. The van der Waals surface area contributed by atoms with Gasteiger partial charge in [0.2, 0.25) is 11.8 Å². The highest BCUT2D eigenvalue weighted by Gasteiger charge is 2.25. The van der Waals surface area contributed by atoms with Gasteiger partial charge >= 0.3 is 0 Å². The first kappa shape index (κ1) is 11.6. The number of β-lactam (4-membered cyclic amide) rings is 1. The predicted molar refractivity (Wildman–Crippen MR) is 64.2 cm³/mol. The van der Waals surface area contributed by atoms with Gasteiger partial charge < -0.3 is 10.6 Å². The molecule has 2 fully saturated rings. The zero-order chi connectivity index (χ0) is 12.1. The van der Waals surface area contributed by atoms with Gasteiger partial charge in [-0.25, -0.2) is 0 Å². The normalized spacial score (nSPS) is 21.8. The summed E-state index contributed by atoms with van der Waals surface area (Å²) in [6.07, 6.45) is 2.41. The third kappa shape index (κ3) is 3.31. The van der Waals surface area contributed by atoms with Gasteiger partial charge in [-0.05, 0) is 12.0 Å². The Morgan fingerprint density at radius 3 is 2.18 bits per heavy atom. The van der Waals surface area contributed by atoms with E-state index in [-0.39, 0.29) is 17.9 Å². The predicted octanol–water partition coefficient (Wildman–Crippen LogP) is 1.14. The number of amides is 2. The Labute approximate surface area is 100 Å². The molecular formula is C13H16N2O2. The van der Waals surface area contributed by atoms with E-state index in [0.717, 1.165) is 19.4 Å². The van der Waals surface area contributed by atoms with Gasteiger partial charge in [-0.2, -0.15) is 0 Å². The Bertz CT molecular complexity index is 387. The standard InChI is InChI=1S/C9H9NO.C4H7NO/c11-9-6-8(10-9)7-4-2-1-3-5-7;6-4-2-1-3-5-4/h1-5,8H,6H2,(H,10,11);1-3H2,(H,5,6). The summed E-state index contributed by atoms with van der Waals surface area (Å²) in [5.41, 5.74) is 1.20. The quantitative estimate of drug-likeness (QED) is 0.713. The Balaban J connectivity index is 0.000000153. The number of hydrogen-bond acceptors (Lipinski definition) is 2. The van der Waals surface area contributed by atoms with Crippen LogP contribution in [0.4, 0.5) is 0 Å². The van der Waals surface area contributed by atoms with Crippen LogP contribution in [0.5, 0.6) is 0 Å². The van der Waals surface area contributed by atoms with Crippen molar-refractivity contribution in [3.05, 3.63) is 35.9 Å². The molecule has 1 atom stereocenters. The Kier molecular flexibility index (Phi) is 3.75. The summed E-state index contributed by atoms with van der Waals surface area (Å²) in [5, 5.41) is 5.50. The van der Waals surface area contributed by atoms with Gasteiger partial charge in [0.15, 0.2) is 0 Å². The minimum atomic E-state index is 0.152. The van der Waals surface area contributed by atoms with Crippen LogP contribution in [0.2, 0.25) is 0 Å². The van der Waals surface area contributed by atoms with Crippen molar-refractivity contribution in [2.45, 2.75) is 25.3 Å². The van der Waals surface area contributed by atoms with E-state index in [9.17, 15) is 9.59 Å². The fourth-order valence-electron chi connectivity index (χ4n) is 1.81. The number of carbonyl (C=O) groups excluding carboxylic acids is 2. The second-order valence-corrected chi connectivity index (χ2v) is 4.19. The summed E-state index contributed by atoms with van der Waals surface area (Å²) >= 11 is 0. The van der Waals surface area contributed by atoms with E-state index in [4.69, 9.17) is 0 Å². The van der Waals surface area contributed by atoms with Gasteiger partial charge in [-0.1, -0.05) is 30.3 Å². The zero-order valence-corrected chi connectivity index (χ0v) is 9.61. The van der Waals surface area contributed by atoms with Crippen LogP contribution < -0.4 is 10.6 Å². The largest absolute Gasteiger partial charge is 0.356 e. The van der Waals surface area contributed by atoms with Crippen molar-refractivity contribution < 1.29 is 9.59 Å². The van der Waals surface area contributed by atoms with E-state index in [0.29, 0.717) is 6.42 Å². The van der Waals surface area contributed by atoms with Crippen molar-refractivity contribution in [2.24, 2.45) is 0 Å². The van der Waals surface area contributed by atoms with E-state index < -0.39 is 0 Å². The van der Waals surface area contributed by atoms with Crippen molar-refractivity contribution in [2.75, 3.05) is 6.54 Å². The molecule has 0 spiro atoms. The summed E-state index contributed by atoms with van der Waals surface area (Å²) in [6, 6.07) is 10.3. The average molecular weight is 232 g/mol. The minimum Gasteiger partial charge on any atom is -0.356 e. The lowest BCUT2D eigenvalue weighted by molar-refractivity contribution is -0.128. The van der Waals surface area contributed by atoms with Gasteiger partial charge in [-0.3, -0.25) is 9.59 Å². The van der Waals surface area contributed by atoms with E-state index in [1.807, 2.05) is 30.3 Å². The van der Waals surface area contributed by atoms with E-state index in [1.54, 1.807) is 0 Å². The molecule has 0 aliphatic carbocycles. The first-order chi connectivity index (χ1) is 8.25. The van der Waals surface area contributed by atoms with E-state index >= 15 is 0 Å². The fraction of sp³-hybridized carbons (Fsp3) is 0.385. The SMILES string of the molecule is O=C1CC(c2ccccc2)N1.O=C1CCCN1. The molecule has 0 radical (unpaired) electrons. The van der Waals surface area contributed by atoms with Gasteiger partial charge in [0.1, 0.15) is 0 Å². The lowest BCUT2D eigenvalue weighted by Crippen LogP contribution is -2.41. The third-order valence-electron chi connectivity index (χ3n) is 2.83. The Morgan fingerprint density at radius 1 is 1.06 bits per heavy atom.